The highest BCUT2D eigenvalue weighted by atomic mass is 32.2. The number of aromatic nitrogens is 2. The summed E-state index contributed by atoms with van der Waals surface area (Å²) in [5.74, 6) is -0.375. The zero-order valence-electron chi connectivity index (χ0n) is 12.8. The van der Waals surface area contributed by atoms with Crippen LogP contribution in [0.2, 0.25) is 0 Å². The van der Waals surface area contributed by atoms with Gasteiger partial charge in [0.25, 0.3) is 0 Å². The molecule has 0 aliphatic rings. The van der Waals surface area contributed by atoms with Gasteiger partial charge in [0.05, 0.1) is 17.2 Å². The fourth-order valence-corrected chi connectivity index (χ4v) is 2.66. The Kier molecular flexibility index (Phi) is 6.03. The normalized spacial score (nSPS) is 11.4. The average Bonchev–Trinajstić information content (AvgIpc) is 2.71. The Labute approximate surface area is 128 Å². The molecule has 1 amide bonds. The highest BCUT2D eigenvalue weighted by Crippen LogP contribution is 2.21. The molecule has 0 saturated heterocycles. The van der Waals surface area contributed by atoms with Crippen LogP contribution in [0.5, 0.6) is 0 Å². The van der Waals surface area contributed by atoms with E-state index in [-0.39, 0.29) is 42.6 Å². The Balaban J connectivity index is 2.52. The van der Waals surface area contributed by atoms with Gasteiger partial charge in [-0.05, 0) is 13.8 Å². The molecule has 0 unspecified atom stereocenters. The first kappa shape index (κ1) is 18.1. The lowest BCUT2D eigenvalue weighted by Crippen LogP contribution is -2.30. The molecule has 0 radical (unpaired) electrons. The van der Waals surface area contributed by atoms with Crippen LogP contribution in [0, 0.1) is 24.0 Å². The van der Waals surface area contributed by atoms with Gasteiger partial charge >= 0.3 is 5.69 Å². The summed E-state index contributed by atoms with van der Waals surface area (Å²) in [6, 6.07) is 0. The van der Waals surface area contributed by atoms with E-state index in [1.807, 2.05) is 0 Å². The van der Waals surface area contributed by atoms with Crippen LogP contribution in [0.3, 0.4) is 0 Å². The van der Waals surface area contributed by atoms with Gasteiger partial charge in [-0.3, -0.25) is 19.6 Å². The molecule has 0 aliphatic carbocycles. The molecule has 0 saturated carbocycles. The maximum atomic E-state index is 11.6. The molecule has 1 heterocycles. The lowest BCUT2D eigenvalue weighted by molar-refractivity contribution is -0.386. The van der Waals surface area contributed by atoms with Crippen molar-refractivity contribution >= 4 is 21.4 Å². The summed E-state index contributed by atoms with van der Waals surface area (Å²) in [5.41, 5.74) is 0.648. The van der Waals surface area contributed by atoms with Crippen molar-refractivity contribution in [3.05, 3.63) is 21.5 Å². The van der Waals surface area contributed by atoms with E-state index in [4.69, 9.17) is 0 Å². The fraction of sp³-hybridized carbons (Fsp3) is 0.667. The molecule has 1 aromatic heterocycles. The number of sulfone groups is 1. The third kappa shape index (κ3) is 4.79. The van der Waals surface area contributed by atoms with Gasteiger partial charge in [-0.15, -0.1) is 0 Å². The number of carbonyl (C=O) groups is 1. The predicted octanol–water partition coefficient (Wildman–Crippen LogP) is 0.349. The minimum atomic E-state index is -3.11. The van der Waals surface area contributed by atoms with Crippen molar-refractivity contribution in [2.24, 2.45) is 0 Å². The summed E-state index contributed by atoms with van der Waals surface area (Å²) in [5, 5.41) is 17.4. The zero-order chi connectivity index (χ0) is 16.9. The van der Waals surface area contributed by atoms with Crippen LogP contribution in [0.15, 0.2) is 0 Å². The Morgan fingerprint density at radius 2 is 2.05 bits per heavy atom. The van der Waals surface area contributed by atoms with Gasteiger partial charge in [-0.1, -0.05) is 6.92 Å². The van der Waals surface area contributed by atoms with Crippen molar-refractivity contribution in [1.29, 1.82) is 0 Å². The van der Waals surface area contributed by atoms with Crippen LogP contribution in [0.4, 0.5) is 5.69 Å². The number of amides is 1. The predicted molar refractivity (Wildman–Crippen MR) is 80.3 cm³/mol. The SMILES string of the molecule is CCS(=O)(=O)CCNC(=O)CCn1nc(C)c([N+](=O)[O-])c1C. The first-order valence-electron chi connectivity index (χ1n) is 6.83. The number of rotatable bonds is 8. The third-order valence-electron chi connectivity index (χ3n) is 3.25. The van der Waals surface area contributed by atoms with Crippen molar-refractivity contribution in [3.63, 3.8) is 0 Å². The topological polar surface area (TPSA) is 124 Å². The summed E-state index contributed by atoms with van der Waals surface area (Å²) < 4.78 is 24.0. The molecule has 124 valence electrons. The number of hydrogen-bond acceptors (Lipinski definition) is 6. The Morgan fingerprint density at radius 1 is 1.41 bits per heavy atom. The van der Waals surface area contributed by atoms with Gasteiger partial charge in [0.15, 0.2) is 9.84 Å². The molecule has 1 aromatic rings. The van der Waals surface area contributed by atoms with E-state index in [2.05, 4.69) is 10.4 Å². The average molecular weight is 332 g/mol. The van der Waals surface area contributed by atoms with E-state index in [9.17, 15) is 23.3 Å². The monoisotopic (exact) mass is 332 g/mol. The summed E-state index contributed by atoms with van der Waals surface area (Å²) in [6.45, 7) is 4.92. The van der Waals surface area contributed by atoms with Gasteiger partial charge in [-0.2, -0.15) is 5.10 Å². The van der Waals surface area contributed by atoms with Crippen molar-refractivity contribution in [2.45, 2.75) is 33.7 Å². The number of nitrogens with zero attached hydrogens (tertiary/aromatic N) is 3. The second kappa shape index (κ2) is 7.34. The van der Waals surface area contributed by atoms with Gasteiger partial charge in [0, 0.05) is 18.7 Å². The minimum Gasteiger partial charge on any atom is -0.355 e. The number of nitrogens with one attached hydrogen (secondary N) is 1. The first-order chi connectivity index (χ1) is 10.2. The van der Waals surface area contributed by atoms with Gasteiger partial charge in [0.1, 0.15) is 11.4 Å². The second-order valence-corrected chi connectivity index (χ2v) is 7.31. The molecular formula is C12H20N4O5S. The quantitative estimate of drug-likeness (QED) is 0.541. The molecule has 9 nitrogen and oxygen atoms in total. The van der Waals surface area contributed by atoms with E-state index >= 15 is 0 Å². The zero-order valence-corrected chi connectivity index (χ0v) is 13.6. The Morgan fingerprint density at radius 3 is 2.55 bits per heavy atom. The van der Waals surface area contributed by atoms with Crippen LogP contribution in [-0.4, -0.2) is 47.1 Å². The highest BCUT2D eigenvalue weighted by molar-refractivity contribution is 7.91. The maximum Gasteiger partial charge on any atom is 0.312 e. The van der Waals surface area contributed by atoms with E-state index < -0.39 is 14.8 Å². The van der Waals surface area contributed by atoms with Crippen LogP contribution in [0.1, 0.15) is 24.7 Å². The Hall–Kier alpha value is -1.97. The van der Waals surface area contributed by atoms with E-state index in [1.165, 1.54) is 11.6 Å². The summed E-state index contributed by atoms with van der Waals surface area (Å²) in [7, 11) is -3.11. The van der Waals surface area contributed by atoms with Crippen molar-refractivity contribution < 1.29 is 18.1 Å². The molecule has 0 spiro atoms. The van der Waals surface area contributed by atoms with Crippen LogP contribution >= 0.6 is 0 Å². The number of nitro groups is 1. The summed E-state index contributed by atoms with van der Waals surface area (Å²) in [6.07, 6.45) is 0.0747. The summed E-state index contributed by atoms with van der Waals surface area (Å²) >= 11 is 0. The molecule has 0 aliphatic heterocycles. The van der Waals surface area contributed by atoms with Crippen molar-refractivity contribution in [3.8, 4) is 0 Å². The molecule has 0 aromatic carbocycles. The lowest BCUT2D eigenvalue weighted by atomic mass is 10.3. The minimum absolute atomic E-state index is 0.0400. The number of hydrogen-bond donors (Lipinski definition) is 1. The molecule has 1 rings (SSSR count). The largest absolute Gasteiger partial charge is 0.355 e. The van der Waals surface area contributed by atoms with E-state index in [0.717, 1.165) is 0 Å². The Bertz CT molecular complexity index is 665. The summed E-state index contributed by atoms with van der Waals surface area (Å²) in [4.78, 5) is 22.0. The second-order valence-electron chi connectivity index (χ2n) is 4.84. The van der Waals surface area contributed by atoms with Gasteiger partial charge in [0.2, 0.25) is 5.91 Å². The number of carbonyl (C=O) groups excluding carboxylic acids is 1. The van der Waals surface area contributed by atoms with Crippen molar-refractivity contribution in [2.75, 3.05) is 18.1 Å². The molecule has 1 N–H and O–H groups in total. The first-order valence-corrected chi connectivity index (χ1v) is 8.65. The van der Waals surface area contributed by atoms with Crippen LogP contribution < -0.4 is 5.32 Å². The third-order valence-corrected chi connectivity index (χ3v) is 4.96. The van der Waals surface area contributed by atoms with Crippen molar-refractivity contribution in [1.82, 2.24) is 15.1 Å². The molecule has 0 bridgehead atoms. The smallest absolute Gasteiger partial charge is 0.312 e. The standard InChI is InChI=1S/C12H20N4O5S/c1-4-22(20,21)8-6-13-11(17)5-7-15-10(3)12(16(18)19)9(2)14-15/h4-8H2,1-3H3,(H,13,17). The molecule has 10 heteroatoms. The fourth-order valence-electron chi connectivity index (χ4n) is 1.96. The molecule has 22 heavy (non-hydrogen) atoms. The highest BCUT2D eigenvalue weighted by Gasteiger charge is 2.21. The van der Waals surface area contributed by atoms with Crippen LogP contribution in [-0.2, 0) is 21.2 Å². The maximum absolute atomic E-state index is 11.6. The molecule has 0 fully saturated rings. The van der Waals surface area contributed by atoms with E-state index in [1.54, 1.807) is 13.8 Å². The van der Waals surface area contributed by atoms with Crippen LogP contribution in [0.25, 0.3) is 0 Å². The lowest BCUT2D eigenvalue weighted by Gasteiger charge is -2.06. The molecular weight excluding hydrogens is 312 g/mol. The molecule has 0 atom stereocenters. The van der Waals surface area contributed by atoms with E-state index in [0.29, 0.717) is 11.4 Å². The number of aryl methyl sites for hydroxylation is 2. The van der Waals surface area contributed by atoms with Gasteiger partial charge in [-0.25, -0.2) is 8.42 Å². The van der Waals surface area contributed by atoms with Gasteiger partial charge < -0.3 is 5.32 Å².